The molecule has 84 valence electrons. The molecule has 0 aliphatic rings. The van der Waals surface area contributed by atoms with Crippen LogP contribution in [-0.2, 0) is 4.74 Å². The first-order valence-corrected chi connectivity index (χ1v) is 5.76. The zero-order chi connectivity index (χ0) is 11.3. The van der Waals surface area contributed by atoms with Crippen molar-refractivity contribution in [3.05, 3.63) is 22.5 Å². The third-order valence-electron chi connectivity index (χ3n) is 2.00. The van der Waals surface area contributed by atoms with Gasteiger partial charge in [-0.2, -0.15) is 0 Å². The number of ether oxygens (including phenoxy) is 1. The second-order valence-corrected chi connectivity index (χ2v) is 3.98. The fraction of sp³-hybridized carbons (Fsp3) is 0.600. The molecule has 0 amide bonds. The summed E-state index contributed by atoms with van der Waals surface area (Å²) < 4.78 is 8.36. The minimum Gasteiger partial charge on any atom is -0.358 e. The second-order valence-electron chi connectivity index (χ2n) is 3.17. The van der Waals surface area contributed by atoms with E-state index in [1.165, 1.54) is 0 Å². The van der Waals surface area contributed by atoms with Gasteiger partial charge in [0.15, 0.2) is 0 Å². The van der Waals surface area contributed by atoms with Crippen molar-refractivity contribution >= 4 is 15.9 Å². The molecule has 0 aromatic carbocycles. The van der Waals surface area contributed by atoms with E-state index in [1.807, 2.05) is 17.7 Å². The summed E-state index contributed by atoms with van der Waals surface area (Å²) in [5.41, 5.74) is 0.807. The summed E-state index contributed by atoms with van der Waals surface area (Å²) in [6.45, 7) is 4.83. The Morgan fingerprint density at radius 2 is 2.40 bits per heavy atom. The van der Waals surface area contributed by atoms with Crippen LogP contribution in [0.3, 0.4) is 0 Å². The van der Waals surface area contributed by atoms with Crippen LogP contribution in [0.1, 0.15) is 26.5 Å². The van der Waals surface area contributed by atoms with Gasteiger partial charge in [-0.05, 0) is 29.3 Å². The second kappa shape index (κ2) is 6.02. The first-order chi connectivity index (χ1) is 7.19. The lowest BCUT2D eigenvalue weighted by Gasteiger charge is -2.16. The Morgan fingerprint density at radius 3 is 3.00 bits per heavy atom. The highest BCUT2D eigenvalue weighted by atomic mass is 79.9. The summed E-state index contributed by atoms with van der Waals surface area (Å²) in [6, 6.07) is 0. The number of halogens is 1. The highest BCUT2D eigenvalue weighted by Crippen LogP contribution is 2.08. The number of nitrogens with zero attached hydrogens (tertiary/aromatic N) is 3. The summed E-state index contributed by atoms with van der Waals surface area (Å²) in [5.74, 6) is 0. The third kappa shape index (κ3) is 3.43. The van der Waals surface area contributed by atoms with Gasteiger partial charge in [-0.1, -0.05) is 6.92 Å². The highest BCUT2D eigenvalue weighted by Gasteiger charge is 2.05. The van der Waals surface area contributed by atoms with E-state index in [9.17, 15) is 0 Å². The van der Waals surface area contributed by atoms with Crippen LogP contribution < -0.4 is 5.49 Å². The average Bonchev–Trinajstić information content (AvgIpc) is 2.25. The van der Waals surface area contributed by atoms with E-state index in [0.29, 0.717) is 0 Å². The molecular weight excluding hydrogens is 258 g/mol. The molecule has 1 aromatic heterocycles. The Hall–Kier alpha value is -0.680. The van der Waals surface area contributed by atoms with Crippen LogP contribution in [0.4, 0.5) is 0 Å². The first kappa shape index (κ1) is 12.4. The summed E-state index contributed by atoms with van der Waals surface area (Å²) >= 11 is 3.33. The predicted octanol–water partition coefficient (Wildman–Crippen LogP) is 2.12. The molecule has 0 spiro atoms. The number of aromatic nitrogens is 2. The molecule has 0 saturated carbocycles. The monoisotopic (exact) mass is 273 g/mol. The Labute approximate surface area is 98.1 Å². The van der Waals surface area contributed by atoms with Gasteiger partial charge in [0.1, 0.15) is 16.3 Å². The molecule has 0 fully saturated rings. The van der Waals surface area contributed by atoms with Crippen molar-refractivity contribution in [1.29, 1.82) is 0 Å². The third-order valence-corrected chi connectivity index (χ3v) is 2.41. The van der Waals surface area contributed by atoms with E-state index >= 15 is 0 Å². The molecule has 15 heavy (non-hydrogen) atoms. The largest absolute Gasteiger partial charge is 0.358 e. The molecule has 0 N–H and O–H groups in total. The van der Waals surface area contributed by atoms with Crippen LogP contribution in [0.15, 0.2) is 22.0 Å². The smallest absolute Gasteiger partial charge is 0.148 e. The molecule has 0 aliphatic heterocycles. The molecule has 0 aliphatic carbocycles. The summed E-state index contributed by atoms with van der Waals surface area (Å²) in [6.07, 6.45) is 4.58. The average molecular weight is 274 g/mol. The quantitative estimate of drug-likeness (QED) is 0.843. The summed E-state index contributed by atoms with van der Waals surface area (Å²) in [5, 5.41) is 0. The molecule has 0 bridgehead atoms. The Balaban J connectivity index is 2.96. The maximum absolute atomic E-state index is 5.63. The van der Waals surface area contributed by atoms with Gasteiger partial charge in [0, 0.05) is 19.9 Å². The van der Waals surface area contributed by atoms with E-state index in [4.69, 9.17) is 4.74 Å². The SMILES string of the molecule is CCCOC(C)n1cc(Br)ncc1=NC. The molecule has 1 unspecified atom stereocenters. The minimum atomic E-state index is -0.0250. The maximum atomic E-state index is 5.63. The molecule has 0 saturated heterocycles. The van der Waals surface area contributed by atoms with Crippen molar-refractivity contribution in [2.45, 2.75) is 26.5 Å². The Bertz CT molecular complexity index is 375. The van der Waals surface area contributed by atoms with Gasteiger partial charge < -0.3 is 9.30 Å². The molecule has 1 rings (SSSR count). The van der Waals surface area contributed by atoms with Crippen LogP contribution in [0.2, 0.25) is 0 Å². The van der Waals surface area contributed by atoms with E-state index < -0.39 is 0 Å². The Kier molecular flexibility index (Phi) is 4.98. The molecule has 4 nitrogen and oxygen atoms in total. The summed E-state index contributed by atoms with van der Waals surface area (Å²) in [7, 11) is 1.74. The van der Waals surface area contributed by atoms with Gasteiger partial charge in [-0.3, -0.25) is 4.99 Å². The lowest BCUT2D eigenvalue weighted by atomic mass is 10.5. The van der Waals surface area contributed by atoms with Gasteiger partial charge in [0.05, 0.1) is 6.20 Å². The van der Waals surface area contributed by atoms with Crippen molar-refractivity contribution in [2.24, 2.45) is 4.99 Å². The molecule has 5 heteroatoms. The van der Waals surface area contributed by atoms with Gasteiger partial charge in [0.25, 0.3) is 0 Å². The Morgan fingerprint density at radius 1 is 1.67 bits per heavy atom. The number of hydrogen-bond acceptors (Lipinski definition) is 3. The topological polar surface area (TPSA) is 39.4 Å². The fourth-order valence-electron chi connectivity index (χ4n) is 1.23. The number of rotatable bonds is 4. The lowest BCUT2D eigenvalue weighted by molar-refractivity contribution is 0.0134. The van der Waals surface area contributed by atoms with Crippen LogP contribution >= 0.6 is 15.9 Å². The van der Waals surface area contributed by atoms with Gasteiger partial charge in [-0.25, -0.2) is 4.98 Å². The normalized spacial score (nSPS) is 14.3. The zero-order valence-electron chi connectivity index (χ0n) is 9.27. The van der Waals surface area contributed by atoms with Crippen LogP contribution in [0.5, 0.6) is 0 Å². The van der Waals surface area contributed by atoms with Gasteiger partial charge >= 0.3 is 0 Å². The van der Waals surface area contributed by atoms with Crippen LogP contribution in [-0.4, -0.2) is 23.2 Å². The van der Waals surface area contributed by atoms with Crippen molar-refractivity contribution in [3.8, 4) is 0 Å². The standard InChI is InChI=1S/C10H16BrN3O/c1-4-5-15-8(2)14-7-9(11)13-6-10(14)12-3/h6-8H,4-5H2,1-3H3. The zero-order valence-corrected chi connectivity index (χ0v) is 10.9. The predicted molar refractivity (Wildman–Crippen MR) is 62.4 cm³/mol. The molecular formula is C10H16BrN3O. The fourth-order valence-corrected chi connectivity index (χ4v) is 1.56. The van der Waals surface area contributed by atoms with E-state index in [1.54, 1.807) is 13.2 Å². The van der Waals surface area contributed by atoms with Gasteiger partial charge in [-0.15, -0.1) is 0 Å². The van der Waals surface area contributed by atoms with E-state index in [0.717, 1.165) is 23.1 Å². The van der Waals surface area contributed by atoms with E-state index in [-0.39, 0.29) is 6.23 Å². The number of hydrogen-bond donors (Lipinski definition) is 0. The minimum absolute atomic E-state index is 0.0250. The maximum Gasteiger partial charge on any atom is 0.148 e. The molecule has 1 heterocycles. The highest BCUT2D eigenvalue weighted by molar-refractivity contribution is 9.10. The van der Waals surface area contributed by atoms with Crippen molar-refractivity contribution in [1.82, 2.24) is 9.55 Å². The lowest BCUT2D eigenvalue weighted by Crippen LogP contribution is -2.25. The van der Waals surface area contributed by atoms with E-state index in [2.05, 4.69) is 32.8 Å². The van der Waals surface area contributed by atoms with Crippen molar-refractivity contribution in [2.75, 3.05) is 13.7 Å². The molecule has 1 aromatic rings. The first-order valence-electron chi connectivity index (χ1n) is 4.97. The molecule has 0 radical (unpaired) electrons. The van der Waals surface area contributed by atoms with Crippen molar-refractivity contribution < 1.29 is 4.74 Å². The summed E-state index contributed by atoms with van der Waals surface area (Å²) in [4.78, 5) is 8.26. The van der Waals surface area contributed by atoms with Crippen LogP contribution in [0, 0.1) is 0 Å². The van der Waals surface area contributed by atoms with Crippen LogP contribution in [0.25, 0.3) is 0 Å². The molecule has 1 atom stereocenters. The van der Waals surface area contributed by atoms with Crippen molar-refractivity contribution in [3.63, 3.8) is 0 Å². The van der Waals surface area contributed by atoms with Gasteiger partial charge in [0.2, 0.25) is 0 Å².